The molecule has 2 unspecified atom stereocenters. The Labute approximate surface area is 587 Å². The third kappa shape index (κ3) is 70.2. The van der Waals surface area contributed by atoms with Crippen molar-refractivity contribution >= 4 is 39.5 Å². The van der Waals surface area contributed by atoms with Crippen molar-refractivity contribution in [1.29, 1.82) is 0 Å². The molecule has 0 aromatic heterocycles. The minimum absolute atomic E-state index is 0.0952. The zero-order valence-electron chi connectivity index (χ0n) is 62.1. The quantitative estimate of drug-likeness (QED) is 0.0169. The zero-order chi connectivity index (χ0) is 70.4. The molecule has 0 fully saturated rings. The minimum atomic E-state index is -4.96. The van der Waals surface area contributed by atoms with Crippen molar-refractivity contribution in [3.8, 4) is 0 Å². The van der Waals surface area contributed by atoms with Gasteiger partial charge in [0, 0.05) is 25.7 Å². The number of phosphoric ester groups is 2. The molecule has 0 saturated heterocycles. The van der Waals surface area contributed by atoms with Gasteiger partial charge in [0.25, 0.3) is 0 Å². The van der Waals surface area contributed by atoms with E-state index in [1.165, 1.54) is 218 Å². The first-order valence-corrected chi connectivity index (χ1v) is 42.9. The maximum atomic E-state index is 13.1. The van der Waals surface area contributed by atoms with Gasteiger partial charge in [-0.25, -0.2) is 9.13 Å². The number of hydrogen-bond donors (Lipinski definition) is 3. The van der Waals surface area contributed by atoms with E-state index in [0.29, 0.717) is 25.7 Å². The summed E-state index contributed by atoms with van der Waals surface area (Å²) < 4.78 is 68.6. The van der Waals surface area contributed by atoms with Crippen LogP contribution in [0.5, 0.6) is 0 Å². The summed E-state index contributed by atoms with van der Waals surface area (Å²) in [5.74, 6) is -2.12. The first kappa shape index (κ1) is 93.8. The molecular formula is C77H148O17P2. The van der Waals surface area contributed by atoms with Crippen LogP contribution >= 0.6 is 15.6 Å². The molecule has 96 heavy (non-hydrogen) atoms. The van der Waals surface area contributed by atoms with Crippen molar-refractivity contribution < 1.29 is 80.2 Å². The molecule has 3 N–H and O–H groups in total. The summed E-state index contributed by atoms with van der Waals surface area (Å²) in [4.78, 5) is 72.9. The summed E-state index contributed by atoms with van der Waals surface area (Å²) in [6.45, 7) is 4.98. The number of carbonyl (C=O) groups is 4. The Kier molecular flexibility index (Phi) is 69.6. The fraction of sp³-hybridized carbons (Fsp3) is 0.922. The number of allylic oxidation sites excluding steroid dienone is 2. The Hall–Kier alpha value is -2.20. The summed E-state index contributed by atoms with van der Waals surface area (Å²) in [5, 5.41) is 10.6. The molecule has 0 amide bonds. The molecule has 0 saturated carbocycles. The molecule has 568 valence electrons. The van der Waals surface area contributed by atoms with E-state index < -0.39 is 97.5 Å². The van der Waals surface area contributed by atoms with Crippen LogP contribution < -0.4 is 0 Å². The zero-order valence-corrected chi connectivity index (χ0v) is 63.9. The van der Waals surface area contributed by atoms with Gasteiger partial charge in [-0.1, -0.05) is 335 Å². The molecule has 17 nitrogen and oxygen atoms in total. The lowest BCUT2D eigenvalue weighted by molar-refractivity contribution is -0.161. The third-order valence-corrected chi connectivity index (χ3v) is 19.7. The molecule has 0 aliphatic heterocycles. The standard InChI is InChI=1S/C77H148O17P2/c1-5-9-13-17-21-25-29-33-35-39-42-46-50-54-58-62-75(80)88-68-73(94-77(82)64-60-56-52-48-44-40-36-34-30-26-22-18-14-10-6-2)70-92-96(85,86)90-66-71(78)65-89-95(83,84)91-69-72(93-76(81)63-59-55-51-47-43-38-32-28-24-20-16-12-8-4)67-87-74(79)61-57-53-49-45-41-37-31-27-23-19-15-11-7-3/h34,36,71-73,78H,5-33,35,37-70H2,1-4H3,(H,83,84)(H,85,86)/b36-34-/t71-,72-,73-/m1/s1. The molecular weight excluding hydrogens is 1260 g/mol. The normalized spacial score (nSPS) is 13.9. The van der Waals surface area contributed by atoms with E-state index in [2.05, 4.69) is 39.8 Å². The van der Waals surface area contributed by atoms with Crippen LogP contribution in [0.4, 0.5) is 0 Å². The van der Waals surface area contributed by atoms with Crippen molar-refractivity contribution in [3.63, 3.8) is 0 Å². The van der Waals surface area contributed by atoms with Crippen molar-refractivity contribution in [2.45, 2.75) is 418 Å². The molecule has 0 heterocycles. The molecule has 0 aliphatic carbocycles. The fourth-order valence-corrected chi connectivity index (χ4v) is 13.2. The lowest BCUT2D eigenvalue weighted by atomic mass is 10.0. The van der Waals surface area contributed by atoms with Gasteiger partial charge in [-0.2, -0.15) is 0 Å². The topological polar surface area (TPSA) is 237 Å². The highest BCUT2D eigenvalue weighted by Gasteiger charge is 2.30. The van der Waals surface area contributed by atoms with E-state index in [4.69, 9.17) is 37.0 Å². The number of aliphatic hydroxyl groups excluding tert-OH is 1. The smallest absolute Gasteiger partial charge is 0.462 e. The maximum absolute atomic E-state index is 13.1. The van der Waals surface area contributed by atoms with Gasteiger partial charge < -0.3 is 33.8 Å². The van der Waals surface area contributed by atoms with Crippen molar-refractivity contribution in [3.05, 3.63) is 12.2 Å². The van der Waals surface area contributed by atoms with Crippen molar-refractivity contribution in [2.75, 3.05) is 39.6 Å². The second-order valence-electron chi connectivity index (χ2n) is 27.4. The predicted molar refractivity (Wildman–Crippen MR) is 391 cm³/mol. The Morgan fingerprint density at radius 1 is 0.281 bits per heavy atom. The van der Waals surface area contributed by atoms with Crippen LogP contribution in [-0.4, -0.2) is 96.7 Å². The second kappa shape index (κ2) is 71.2. The molecule has 0 aliphatic rings. The molecule has 0 aromatic rings. The lowest BCUT2D eigenvalue weighted by Crippen LogP contribution is -2.30. The fourth-order valence-electron chi connectivity index (χ4n) is 11.6. The number of esters is 4. The summed E-state index contributed by atoms with van der Waals surface area (Å²) >= 11 is 0. The van der Waals surface area contributed by atoms with E-state index in [0.717, 1.165) is 103 Å². The van der Waals surface area contributed by atoms with E-state index in [9.17, 15) is 43.2 Å². The van der Waals surface area contributed by atoms with Gasteiger partial charge >= 0.3 is 39.5 Å². The Morgan fingerprint density at radius 3 is 0.719 bits per heavy atom. The van der Waals surface area contributed by atoms with Crippen LogP contribution in [0.3, 0.4) is 0 Å². The SMILES string of the molecule is CCCCCCCC/C=C\CCCCCCCC(=O)O[C@H](COC(=O)CCCCCCCCCCCCCCCCC)COP(=O)(O)OC[C@H](O)COP(=O)(O)OC[C@@H](COC(=O)CCCCCCCCCCCCCCC)OC(=O)CCCCCCCCCCCCCCC. The first-order chi connectivity index (χ1) is 46.7. The average molecular weight is 1410 g/mol. The number of unbranched alkanes of at least 4 members (excludes halogenated alkanes) is 49. The summed E-state index contributed by atoms with van der Waals surface area (Å²) in [5.41, 5.74) is 0. The predicted octanol–water partition coefficient (Wildman–Crippen LogP) is 22.8. The van der Waals surface area contributed by atoms with E-state index in [-0.39, 0.29) is 25.7 Å². The van der Waals surface area contributed by atoms with Crippen LogP contribution in [0, 0.1) is 0 Å². The van der Waals surface area contributed by atoms with E-state index in [1.54, 1.807) is 0 Å². The Bertz CT molecular complexity index is 1870. The third-order valence-electron chi connectivity index (χ3n) is 17.8. The van der Waals surface area contributed by atoms with Gasteiger partial charge in [0.1, 0.15) is 19.3 Å². The highest BCUT2D eigenvalue weighted by Crippen LogP contribution is 2.45. The summed E-state index contributed by atoms with van der Waals surface area (Å²) in [6, 6.07) is 0. The van der Waals surface area contributed by atoms with Crippen LogP contribution in [0.2, 0.25) is 0 Å². The Balaban J connectivity index is 5.28. The van der Waals surface area contributed by atoms with Crippen LogP contribution in [0.15, 0.2) is 12.2 Å². The number of carbonyl (C=O) groups excluding carboxylic acids is 4. The Morgan fingerprint density at radius 2 is 0.479 bits per heavy atom. The molecule has 0 radical (unpaired) electrons. The summed E-state index contributed by atoms with van der Waals surface area (Å²) in [7, 11) is -9.92. The number of ether oxygens (including phenoxy) is 4. The van der Waals surface area contributed by atoms with E-state index >= 15 is 0 Å². The van der Waals surface area contributed by atoms with Gasteiger partial charge in [-0.15, -0.1) is 0 Å². The molecule has 0 spiro atoms. The number of phosphoric acid groups is 2. The second-order valence-corrected chi connectivity index (χ2v) is 30.3. The molecule has 19 heteroatoms. The summed E-state index contributed by atoms with van der Waals surface area (Å²) in [6.07, 6.45) is 63.3. The lowest BCUT2D eigenvalue weighted by Gasteiger charge is -2.21. The van der Waals surface area contributed by atoms with E-state index in [1.807, 2.05) is 0 Å². The number of rotatable bonds is 77. The van der Waals surface area contributed by atoms with Crippen LogP contribution in [0.25, 0.3) is 0 Å². The van der Waals surface area contributed by atoms with Crippen molar-refractivity contribution in [1.82, 2.24) is 0 Å². The van der Waals surface area contributed by atoms with Crippen molar-refractivity contribution in [2.24, 2.45) is 0 Å². The molecule has 5 atom stereocenters. The first-order valence-electron chi connectivity index (χ1n) is 39.9. The minimum Gasteiger partial charge on any atom is -0.462 e. The van der Waals surface area contributed by atoms with Gasteiger partial charge in [-0.05, 0) is 51.4 Å². The van der Waals surface area contributed by atoms with Gasteiger partial charge in [-0.3, -0.25) is 37.3 Å². The maximum Gasteiger partial charge on any atom is 0.472 e. The molecule has 0 bridgehead atoms. The average Bonchev–Trinajstić information content (AvgIpc) is 1.43. The highest BCUT2D eigenvalue weighted by atomic mass is 31.2. The van der Waals surface area contributed by atoms with Gasteiger partial charge in [0.2, 0.25) is 0 Å². The number of aliphatic hydroxyl groups is 1. The molecule has 0 rings (SSSR count). The van der Waals surface area contributed by atoms with Gasteiger partial charge in [0.15, 0.2) is 12.2 Å². The monoisotopic (exact) mass is 1410 g/mol. The largest absolute Gasteiger partial charge is 0.472 e. The van der Waals surface area contributed by atoms with Gasteiger partial charge in [0.05, 0.1) is 26.4 Å². The molecule has 0 aromatic carbocycles. The van der Waals surface area contributed by atoms with Crippen LogP contribution in [-0.2, 0) is 65.4 Å². The number of hydrogen-bond acceptors (Lipinski definition) is 15. The van der Waals surface area contributed by atoms with Crippen LogP contribution in [0.1, 0.15) is 400 Å². The highest BCUT2D eigenvalue weighted by molar-refractivity contribution is 7.47.